The number of thiophene rings is 1. The van der Waals surface area contributed by atoms with Crippen LogP contribution in [-0.2, 0) is 25.1 Å². The number of hydrogen-bond acceptors (Lipinski definition) is 9. The normalized spacial score (nSPS) is 13.2. The quantitative estimate of drug-likeness (QED) is 0.385. The molecule has 8 nitrogen and oxygen atoms in total. The fourth-order valence-electron chi connectivity index (χ4n) is 3.11. The van der Waals surface area contributed by atoms with E-state index in [-0.39, 0.29) is 17.5 Å². The SMILES string of the molecule is C=CCn1c(SCc2nc(N)nc(N)n2)nc2sc3c(c2c1=O)CCC3. The van der Waals surface area contributed by atoms with Crippen LogP contribution in [0.25, 0.3) is 10.2 Å². The third kappa shape index (κ3) is 2.95. The Hall–Kier alpha value is -2.46. The summed E-state index contributed by atoms with van der Waals surface area (Å²) in [5.74, 6) is 0.995. The first-order valence-corrected chi connectivity index (χ1v) is 9.91. The number of allylic oxidation sites excluding steroid dienone is 1. The molecule has 26 heavy (non-hydrogen) atoms. The number of nitrogens with two attached hydrogens (primary N) is 2. The van der Waals surface area contributed by atoms with Gasteiger partial charge < -0.3 is 11.5 Å². The summed E-state index contributed by atoms with van der Waals surface area (Å²) in [5.41, 5.74) is 12.4. The van der Waals surface area contributed by atoms with Gasteiger partial charge in [-0.15, -0.1) is 17.9 Å². The lowest BCUT2D eigenvalue weighted by molar-refractivity contribution is 0.672. The van der Waals surface area contributed by atoms with Crippen molar-refractivity contribution >= 4 is 45.2 Å². The summed E-state index contributed by atoms with van der Waals surface area (Å²) in [6.45, 7) is 4.16. The molecule has 0 fully saturated rings. The first-order chi connectivity index (χ1) is 12.6. The van der Waals surface area contributed by atoms with Gasteiger partial charge in [0.15, 0.2) is 5.16 Å². The van der Waals surface area contributed by atoms with E-state index in [1.807, 2.05) is 0 Å². The number of nitrogen functional groups attached to an aromatic ring is 2. The van der Waals surface area contributed by atoms with Gasteiger partial charge in [-0.2, -0.15) is 15.0 Å². The van der Waals surface area contributed by atoms with Crippen LogP contribution in [0, 0.1) is 0 Å². The predicted molar refractivity (Wildman–Crippen MR) is 104 cm³/mol. The van der Waals surface area contributed by atoms with E-state index in [0.717, 1.165) is 29.5 Å². The summed E-state index contributed by atoms with van der Waals surface area (Å²) in [5, 5.41) is 1.38. The maximum Gasteiger partial charge on any atom is 0.263 e. The lowest BCUT2D eigenvalue weighted by Crippen LogP contribution is -2.23. The largest absolute Gasteiger partial charge is 0.368 e. The van der Waals surface area contributed by atoms with Gasteiger partial charge in [0.05, 0.1) is 11.1 Å². The molecule has 0 bridgehead atoms. The second-order valence-electron chi connectivity index (χ2n) is 5.89. The molecule has 0 saturated heterocycles. The summed E-state index contributed by atoms with van der Waals surface area (Å²) in [7, 11) is 0. The fourth-order valence-corrected chi connectivity index (χ4v) is 5.27. The van der Waals surface area contributed by atoms with Gasteiger partial charge in [-0.3, -0.25) is 9.36 Å². The molecule has 0 aromatic carbocycles. The molecule has 0 saturated carbocycles. The average molecular weight is 387 g/mol. The molecule has 0 amide bonds. The van der Waals surface area contributed by atoms with Crippen LogP contribution in [0.2, 0.25) is 0 Å². The molecule has 0 aliphatic heterocycles. The van der Waals surface area contributed by atoms with Crippen molar-refractivity contribution in [2.24, 2.45) is 0 Å². The maximum atomic E-state index is 13.1. The van der Waals surface area contributed by atoms with Crippen LogP contribution in [0.1, 0.15) is 22.7 Å². The van der Waals surface area contributed by atoms with E-state index in [1.54, 1.807) is 22.0 Å². The van der Waals surface area contributed by atoms with Gasteiger partial charge >= 0.3 is 0 Å². The van der Waals surface area contributed by atoms with Crippen LogP contribution in [0.3, 0.4) is 0 Å². The van der Waals surface area contributed by atoms with Crippen molar-refractivity contribution in [3.63, 3.8) is 0 Å². The molecule has 0 radical (unpaired) electrons. The van der Waals surface area contributed by atoms with Crippen molar-refractivity contribution in [1.29, 1.82) is 0 Å². The molecular weight excluding hydrogens is 370 g/mol. The number of thioether (sulfide) groups is 1. The minimum absolute atomic E-state index is 0.00789. The first-order valence-electron chi connectivity index (χ1n) is 8.11. The standard InChI is InChI=1S/C16H17N7OS2/c1-2-6-23-13(24)11-8-4-3-5-9(8)26-12(11)21-16(23)25-7-10-19-14(17)22-15(18)20-10/h2H,1,3-7H2,(H4,17,18,19,20,22). The molecule has 0 atom stereocenters. The maximum absolute atomic E-state index is 13.1. The van der Waals surface area contributed by atoms with Crippen molar-refractivity contribution in [1.82, 2.24) is 24.5 Å². The average Bonchev–Trinajstić information content (AvgIpc) is 3.15. The van der Waals surface area contributed by atoms with Crippen molar-refractivity contribution in [3.05, 3.63) is 39.3 Å². The van der Waals surface area contributed by atoms with E-state index < -0.39 is 0 Å². The lowest BCUT2D eigenvalue weighted by Gasteiger charge is -2.10. The van der Waals surface area contributed by atoms with Crippen LogP contribution in [0.4, 0.5) is 11.9 Å². The topological polar surface area (TPSA) is 126 Å². The monoisotopic (exact) mass is 387 g/mol. The third-order valence-electron chi connectivity index (χ3n) is 4.15. The minimum atomic E-state index is -0.00789. The van der Waals surface area contributed by atoms with Crippen LogP contribution < -0.4 is 17.0 Å². The molecular formula is C16H17N7OS2. The van der Waals surface area contributed by atoms with Crippen molar-refractivity contribution < 1.29 is 0 Å². The second-order valence-corrected chi connectivity index (χ2v) is 7.92. The molecule has 4 rings (SSSR count). The molecule has 4 N–H and O–H groups in total. The lowest BCUT2D eigenvalue weighted by atomic mass is 10.2. The molecule has 0 spiro atoms. The number of aryl methyl sites for hydroxylation is 2. The molecule has 3 aromatic rings. The molecule has 1 aliphatic carbocycles. The van der Waals surface area contributed by atoms with Crippen LogP contribution >= 0.6 is 23.1 Å². The Balaban J connectivity index is 1.75. The van der Waals surface area contributed by atoms with E-state index in [0.29, 0.717) is 23.3 Å². The molecule has 10 heteroatoms. The highest BCUT2D eigenvalue weighted by atomic mass is 32.2. The molecule has 1 aliphatic rings. The predicted octanol–water partition coefficient (Wildman–Crippen LogP) is 1.77. The van der Waals surface area contributed by atoms with Gasteiger partial charge in [-0.05, 0) is 24.8 Å². The number of aromatic nitrogens is 5. The Kier molecular flexibility index (Phi) is 4.37. The van der Waals surface area contributed by atoms with Gasteiger partial charge in [0, 0.05) is 11.4 Å². The van der Waals surface area contributed by atoms with Crippen molar-refractivity contribution in [3.8, 4) is 0 Å². The molecule has 0 unspecified atom stereocenters. The Morgan fingerprint density at radius 3 is 2.69 bits per heavy atom. The summed E-state index contributed by atoms with van der Waals surface area (Å²) < 4.78 is 1.65. The highest BCUT2D eigenvalue weighted by Gasteiger charge is 2.23. The van der Waals surface area contributed by atoms with Gasteiger partial charge in [0.25, 0.3) is 5.56 Å². The highest BCUT2D eigenvalue weighted by molar-refractivity contribution is 7.98. The third-order valence-corrected chi connectivity index (χ3v) is 6.31. The van der Waals surface area contributed by atoms with Crippen LogP contribution in [0.15, 0.2) is 22.6 Å². The first kappa shape index (κ1) is 17.0. The summed E-state index contributed by atoms with van der Waals surface area (Å²) in [4.78, 5) is 31.8. The van der Waals surface area contributed by atoms with Crippen molar-refractivity contribution in [2.45, 2.75) is 36.7 Å². The van der Waals surface area contributed by atoms with E-state index in [2.05, 4.69) is 21.5 Å². The fraction of sp³-hybridized carbons (Fsp3) is 0.312. The van der Waals surface area contributed by atoms with Gasteiger partial charge in [-0.25, -0.2) is 4.98 Å². The smallest absolute Gasteiger partial charge is 0.263 e. The zero-order chi connectivity index (χ0) is 18.3. The number of anilines is 2. The Bertz CT molecular complexity index is 1050. The summed E-state index contributed by atoms with van der Waals surface area (Å²) >= 11 is 3.00. The zero-order valence-electron chi connectivity index (χ0n) is 13.9. The van der Waals surface area contributed by atoms with Crippen molar-refractivity contribution in [2.75, 3.05) is 11.5 Å². The highest BCUT2D eigenvalue weighted by Crippen LogP contribution is 2.35. The van der Waals surface area contributed by atoms with E-state index in [9.17, 15) is 4.79 Å². The van der Waals surface area contributed by atoms with Gasteiger partial charge in [0.2, 0.25) is 11.9 Å². The van der Waals surface area contributed by atoms with Gasteiger partial charge in [0.1, 0.15) is 10.7 Å². The minimum Gasteiger partial charge on any atom is -0.368 e. The number of rotatable bonds is 5. The second kappa shape index (κ2) is 6.69. The van der Waals surface area contributed by atoms with E-state index >= 15 is 0 Å². The summed E-state index contributed by atoms with van der Waals surface area (Å²) in [6, 6.07) is 0. The Labute approximate surface area is 157 Å². The number of hydrogen-bond donors (Lipinski definition) is 2. The van der Waals surface area contributed by atoms with E-state index in [4.69, 9.17) is 16.5 Å². The van der Waals surface area contributed by atoms with Gasteiger partial charge in [-0.1, -0.05) is 17.8 Å². The Morgan fingerprint density at radius 2 is 1.96 bits per heavy atom. The van der Waals surface area contributed by atoms with E-state index in [1.165, 1.54) is 22.2 Å². The number of fused-ring (bicyclic) bond motifs is 3. The molecule has 3 aromatic heterocycles. The zero-order valence-corrected chi connectivity index (χ0v) is 15.6. The van der Waals surface area contributed by atoms with Crippen LogP contribution in [-0.4, -0.2) is 24.5 Å². The Morgan fingerprint density at radius 1 is 1.19 bits per heavy atom. The van der Waals surface area contributed by atoms with Crippen LogP contribution in [0.5, 0.6) is 0 Å². The molecule has 134 valence electrons. The summed E-state index contributed by atoms with van der Waals surface area (Å²) in [6.07, 6.45) is 4.79. The molecule has 3 heterocycles. The number of nitrogens with zero attached hydrogens (tertiary/aromatic N) is 5.